The highest BCUT2D eigenvalue weighted by Crippen LogP contribution is 2.44. The lowest BCUT2D eigenvalue weighted by molar-refractivity contribution is -0.152. The van der Waals surface area contributed by atoms with Crippen LogP contribution in [0.5, 0.6) is 0 Å². The molecule has 3 aromatic carbocycles. The van der Waals surface area contributed by atoms with Crippen LogP contribution in [0.2, 0.25) is 0 Å². The summed E-state index contributed by atoms with van der Waals surface area (Å²) in [4.78, 5) is 53.2. The number of alkyl carbamates (subject to hydrolysis) is 1. The number of fused-ring (bicyclic) bond motifs is 3. The van der Waals surface area contributed by atoms with Crippen molar-refractivity contribution in [1.82, 2.24) is 16.0 Å². The predicted molar refractivity (Wildman–Crippen MR) is 199 cm³/mol. The summed E-state index contributed by atoms with van der Waals surface area (Å²) >= 11 is 0. The zero-order valence-corrected chi connectivity index (χ0v) is 29.6. The van der Waals surface area contributed by atoms with E-state index in [1.54, 1.807) is 36.4 Å². The smallest absolute Gasteiger partial charge is 0.407 e. The number of aliphatic hydroxyl groups is 1. The summed E-state index contributed by atoms with van der Waals surface area (Å²) in [6.45, 7) is 7.39. The summed E-state index contributed by atoms with van der Waals surface area (Å²) in [5.41, 5.74) is 4.36. The van der Waals surface area contributed by atoms with Gasteiger partial charge in [0.2, 0.25) is 11.8 Å². The Morgan fingerprint density at radius 3 is 2.13 bits per heavy atom. The van der Waals surface area contributed by atoms with E-state index in [2.05, 4.69) is 41.2 Å². The van der Waals surface area contributed by atoms with Crippen LogP contribution in [0.3, 0.4) is 0 Å². The fraction of sp³-hybridized carbons (Fsp3) is 0.381. The summed E-state index contributed by atoms with van der Waals surface area (Å²) in [5.74, 6) is -2.24. The molecule has 4 N–H and O–H groups in total. The molecule has 2 aliphatic carbocycles. The molecule has 0 radical (unpaired) electrons. The maximum atomic E-state index is 13.7. The zero-order valence-electron chi connectivity index (χ0n) is 29.6. The Labute approximate surface area is 305 Å². The van der Waals surface area contributed by atoms with Crippen molar-refractivity contribution in [2.45, 2.75) is 75.0 Å². The van der Waals surface area contributed by atoms with Crippen LogP contribution in [-0.2, 0) is 23.9 Å². The first kappa shape index (κ1) is 38.0. The number of carbonyl (C=O) groups excluding carboxylic acids is 4. The van der Waals surface area contributed by atoms with Gasteiger partial charge in [0, 0.05) is 12.3 Å². The third-order valence-corrected chi connectivity index (χ3v) is 9.99. The summed E-state index contributed by atoms with van der Waals surface area (Å²) in [5, 5.41) is 18.4. The number of benzene rings is 3. The molecule has 0 unspecified atom stereocenters. The molecule has 0 heterocycles. The van der Waals surface area contributed by atoms with Crippen molar-refractivity contribution >= 4 is 23.9 Å². The van der Waals surface area contributed by atoms with Gasteiger partial charge in [0.25, 0.3) is 0 Å². The van der Waals surface area contributed by atoms with E-state index < -0.39 is 41.6 Å². The average molecular weight is 708 g/mol. The molecule has 5 rings (SSSR count). The first-order valence-electron chi connectivity index (χ1n) is 18.1. The number of rotatable bonds is 18. The highest BCUT2D eigenvalue weighted by Gasteiger charge is 2.36. The summed E-state index contributed by atoms with van der Waals surface area (Å²) in [7, 11) is 0. The van der Waals surface area contributed by atoms with Crippen LogP contribution >= 0.6 is 0 Å². The number of allylic oxidation sites excluding steroid dienone is 2. The Morgan fingerprint density at radius 1 is 0.885 bits per heavy atom. The Morgan fingerprint density at radius 2 is 1.52 bits per heavy atom. The van der Waals surface area contributed by atoms with Gasteiger partial charge in [-0.2, -0.15) is 0 Å². The van der Waals surface area contributed by atoms with Crippen LogP contribution in [0.1, 0.15) is 80.1 Å². The first-order valence-corrected chi connectivity index (χ1v) is 18.1. The molecule has 0 aromatic heterocycles. The van der Waals surface area contributed by atoms with Gasteiger partial charge in [-0.15, -0.1) is 13.2 Å². The molecule has 3 aromatic rings. The van der Waals surface area contributed by atoms with Gasteiger partial charge in [-0.1, -0.05) is 104 Å². The van der Waals surface area contributed by atoms with Crippen molar-refractivity contribution in [1.29, 1.82) is 0 Å². The standard InChI is InChI=1S/C42H49N3O7/c1-3-5-22-36(44-41(50)51-27-35-33-20-11-9-18-31(33)32-19-10-12-21-34(32)35)40(49)52-37(29-16-7-6-8-17-29)26-43-39(48)30(15-4-2)25-38(47)45-42(28-46)23-13-14-24-42/h3-4,6-12,16-21,30,35-37,46H,1-2,5,13-15,22-28H2,(H,43,48)(H,44,50)(H,45,47)/t30-,36+,37+/m1/s1. The maximum absolute atomic E-state index is 13.7. The molecule has 0 saturated heterocycles. The van der Waals surface area contributed by atoms with E-state index in [4.69, 9.17) is 9.47 Å². The van der Waals surface area contributed by atoms with E-state index in [9.17, 15) is 24.3 Å². The highest BCUT2D eigenvalue weighted by molar-refractivity contribution is 5.86. The summed E-state index contributed by atoms with van der Waals surface area (Å²) in [6, 6.07) is 24.0. The van der Waals surface area contributed by atoms with E-state index in [0.29, 0.717) is 24.8 Å². The van der Waals surface area contributed by atoms with Gasteiger partial charge in [0.1, 0.15) is 18.8 Å². The van der Waals surface area contributed by atoms with Gasteiger partial charge in [-0.25, -0.2) is 9.59 Å². The lowest BCUT2D eigenvalue weighted by Gasteiger charge is -2.29. The second kappa shape index (κ2) is 18.3. The van der Waals surface area contributed by atoms with Gasteiger partial charge in [0.05, 0.1) is 24.6 Å². The zero-order chi connectivity index (χ0) is 36.9. The fourth-order valence-corrected chi connectivity index (χ4v) is 7.20. The van der Waals surface area contributed by atoms with Crippen molar-refractivity contribution in [3.8, 4) is 11.1 Å². The van der Waals surface area contributed by atoms with Gasteiger partial charge < -0.3 is 30.5 Å². The fourth-order valence-electron chi connectivity index (χ4n) is 7.20. The van der Waals surface area contributed by atoms with Crippen LogP contribution in [0.4, 0.5) is 4.79 Å². The van der Waals surface area contributed by atoms with E-state index in [1.165, 1.54) is 0 Å². The van der Waals surface area contributed by atoms with Crippen LogP contribution in [0, 0.1) is 5.92 Å². The molecule has 0 aliphatic heterocycles. The third-order valence-electron chi connectivity index (χ3n) is 9.99. The Kier molecular flexibility index (Phi) is 13.4. The van der Waals surface area contributed by atoms with Crippen molar-refractivity contribution in [3.05, 3.63) is 121 Å². The SMILES string of the molecule is C=CCC[C@H](NC(=O)OCC1c2ccccc2-c2ccccc21)C(=O)O[C@@H](CNC(=O)[C@H](CC=C)CC(=O)NC1(CO)CCCC1)c1ccccc1. The van der Waals surface area contributed by atoms with Crippen molar-refractivity contribution < 1.29 is 33.8 Å². The number of hydrogen-bond acceptors (Lipinski definition) is 7. The number of nitrogens with one attached hydrogen (secondary N) is 3. The number of aliphatic hydroxyl groups excluding tert-OH is 1. The van der Waals surface area contributed by atoms with Gasteiger partial charge in [-0.05, 0) is 59.9 Å². The Bertz CT molecular complexity index is 1670. The highest BCUT2D eigenvalue weighted by atomic mass is 16.6. The van der Waals surface area contributed by atoms with Gasteiger partial charge >= 0.3 is 12.1 Å². The topological polar surface area (TPSA) is 143 Å². The van der Waals surface area contributed by atoms with Crippen LogP contribution in [-0.4, -0.2) is 60.3 Å². The molecule has 52 heavy (non-hydrogen) atoms. The molecule has 10 nitrogen and oxygen atoms in total. The van der Waals surface area contributed by atoms with E-state index >= 15 is 0 Å². The van der Waals surface area contributed by atoms with Gasteiger partial charge in [-0.3, -0.25) is 9.59 Å². The monoisotopic (exact) mass is 707 g/mol. The summed E-state index contributed by atoms with van der Waals surface area (Å²) in [6.07, 6.45) is 5.68. The maximum Gasteiger partial charge on any atom is 0.407 e. The molecule has 3 atom stereocenters. The molecule has 10 heteroatoms. The molecule has 1 fully saturated rings. The van der Waals surface area contributed by atoms with E-state index in [1.807, 2.05) is 42.5 Å². The minimum atomic E-state index is -1.04. The van der Waals surface area contributed by atoms with Crippen molar-refractivity contribution in [2.24, 2.45) is 5.92 Å². The number of esters is 1. The second-order valence-electron chi connectivity index (χ2n) is 13.6. The minimum Gasteiger partial charge on any atom is -0.454 e. The van der Waals surface area contributed by atoms with Crippen LogP contribution in [0.15, 0.2) is 104 Å². The lowest BCUT2D eigenvalue weighted by Crippen LogP contribution is -2.50. The molecular formula is C42H49N3O7. The minimum absolute atomic E-state index is 0.0659. The molecule has 1 saturated carbocycles. The largest absolute Gasteiger partial charge is 0.454 e. The Balaban J connectivity index is 1.22. The van der Waals surface area contributed by atoms with Crippen LogP contribution < -0.4 is 16.0 Å². The summed E-state index contributed by atoms with van der Waals surface area (Å²) < 4.78 is 11.7. The molecule has 3 amide bonds. The molecule has 0 spiro atoms. The molecule has 2 aliphatic rings. The number of amides is 3. The van der Waals surface area contributed by atoms with E-state index in [-0.39, 0.29) is 50.8 Å². The molecule has 274 valence electrons. The van der Waals surface area contributed by atoms with Crippen molar-refractivity contribution in [2.75, 3.05) is 19.8 Å². The normalized spacial score (nSPS) is 15.9. The third kappa shape index (κ3) is 9.55. The van der Waals surface area contributed by atoms with Crippen LogP contribution in [0.25, 0.3) is 11.1 Å². The van der Waals surface area contributed by atoms with Crippen molar-refractivity contribution in [3.63, 3.8) is 0 Å². The second-order valence-corrected chi connectivity index (χ2v) is 13.6. The Hall–Kier alpha value is -5.22. The predicted octanol–water partition coefficient (Wildman–Crippen LogP) is 6.26. The average Bonchev–Trinajstić information content (AvgIpc) is 3.76. The van der Waals surface area contributed by atoms with E-state index in [0.717, 1.165) is 35.1 Å². The number of ether oxygens (including phenoxy) is 2. The van der Waals surface area contributed by atoms with Gasteiger partial charge in [0.15, 0.2) is 0 Å². The number of carbonyl (C=O) groups is 4. The molecule has 0 bridgehead atoms. The molecular weight excluding hydrogens is 658 g/mol. The lowest BCUT2D eigenvalue weighted by atomic mass is 9.95. The first-order chi connectivity index (χ1) is 25.3. The quantitative estimate of drug-likeness (QED) is 0.0903. The number of hydrogen-bond donors (Lipinski definition) is 4.